The van der Waals surface area contributed by atoms with Gasteiger partial charge in [-0.2, -0.15) is 0 Å². The summed E-state index contributed by atoms with van der Waals surface area (Å²) in [7, 11) is 0. The van der Waals surface area contributed by atoms with Crippen LogP contribution in [0.3, 0.4) is 0 Å². The zero-order valence-corrected chi connectivity index (χ0v) is 16.8. The van der Waals surface area contributed by atoms with Gasteiger partial charge in [0.25, 0.3) is 0 Å². The first-order chi connectivity index (χ1) is 14.9. The van der Waals surface area contributed by atoms with Crippen LogP contribution in [0.2, 0.25) is 0 Å². The monoisotopic (exact) mass is 419 g/mol. The highest BCUT2D eigenvalue weighted by atomic mass is 19.1. The van der Waals surface area contributed by atoms with Crippen molar-refractivity contribution in [3.8, 4) is 11.1 Å². The maximum atomic E-state index is 13.6. The van der Waals surface area contributed by atoms with E-state index in [0.29, 0.717) is 5.92 Å². The summed E-state index contributed by atoms with van der Waals surface area (Å²) in [4.78, 5) is 16.6. The number of pyridine rings is 1. The molecule has 1 aliphatic heterocycles. The number of para-hydroxylation sites is 1. The van der Waals surface area contributed by atoms with E-state index in [4.69, 9.17) is 9.72 Å². The molecule has 158 valence electrons. The molecule has 2 aromatic carbocycles. The van der Waals surface area contributed by atoms with Crippen molar-refractivity contribution >= 4 is 22.9 Å². The molecule has 0 radical (unpaired) electrons. The molecule has 0 spiro atoms. The molecule has 1 saturated heterocycles. The highest BCUT2D eigenvalue weighted by Crippen LogP contribution is 2.45. The average molecular weight is 419 g/mol. The average Bonchev–Trinajstić information content (AvgIpc) is 3.56. The number of aliphatic hydroxyl groups excluding tert-OH is 1. The van der Waals surface area contributed by atoms with Gasteiger partial charge in [0, 0.05) is 28.9 Å². The van der Waals surface area contributed by atoms with Crippen LogP contribution in [0.15, 0.2) is 54.6 Å². The van der Waals surface area contributed by atoms with Gasteiger partial charge in [0.2, 0.25) is 5.79 Å². The van der Waals surface area contributed by atoms with Crippen molar-refractivity contribution in [1.29, 1.82) is 0 Å². The number of halogens is 1. The summed E-state index contributed by atoms with van der Waals surface area (Å²) in [6, 6.07) is 14.1. The number of ether oxygens (including phenoxy) is 1. The van der Waals surface area contributed by atoms with Crippen LogP contribution in [-0.4, -0.2) is 33.1 Å². The summed E-state index contributed by atoms with van der Waals surface area (Å²) >= 11 is 0. The van der Waals surface area contributed by atoms with Gasteiger partial charge in [-0.15, -0.1) is 0 Å². The van der Waals surface area contributed by atoms with E-state index in [1.165, 1.54) is 18.2 Å². The van der Waals surface area contributed by atoms with Crippen LogP contribution in [0.25, 0.3) is 28.1 Å². The number of hydrogen-bond acceptors (Lipinski definition) is 5. The first kappa shape index (κ1) is 19.8. The number of hydrogen-bond donors (Lipinski definition) is 2. The molecule has 2 atom stereocenters. The number of aromatic nitrogens is 1. The molecule has 1 aromatic heterocycles. The van der Waals surface area contributed by atoms with Gasteiger partial charge in [-0.25, -0.2) is 4.39 Å². The van der Waals surface area contributed by atoms with Crippen molar-refractivity contribution in [2.45, 2.75) is 43.5 Å². The van der Waals surface area contributed by atoms with Gasteiger partial charge in [0.1, 0.15) is 5.82 Å². The van der Waals surface area contributed by atoms with Crippen LogP contribution in [0.5, 0.6) is 0 Å². The minimum absolute atomic E-state index is 0.0963. The Bertz CT molecular complexity index is 1190. The summed E-state index contributed by atoms with van der Waals surface area (Å²) < 4.78 is 18.7. The van der Waals surface area contributed by atoms with Crippen LogP contribution < -0.4 is 0 Å². The third-order valence-corrected chi connectivity index (χ3v) is 5.79. The van der Waals surface area contributed by atoms with Gasteiger partial charge >= 0.3 is 5.97 Å². The maximum Gasteiger partial charge on any atom is 0.311 e. The predicted octanol–water partition coefficient (Wildman–Crippen LogP) is 4.32. The Morgan fingerprint density at radius 3 is 2.58 bits per heavy atom. The molecule has 2 aliphatic rings. The van der Waals surface area contributed by atoms with E-state index in [2.05, 4.69) is 0 Å². The molecule has 31 heavy (non-hydrogen) atoms. The summed E-state index contributed by atoms with van der Waals surface area (Å²) in [5, 5.41) is 21.6. The molecule has 1 aliphatic carbocycles. The first-order valence-electron chi connectivity index (χ1n) is 10.4. The van der Waals surface area contributed by atoms with Gasteiger partial charge in [-0.1, -0.05) is 36.4 Å². The lowest BCUT2D eigenvalue weighted by Gasteiger charge is -2.31. The number of carbonyl (C=O) groups is 1. The molecular weight excluding hydrogens is 397 g/mol. The molecule has 0 bridgehead atoms. The fraction of sp³-hybridized carbons (Fsp3) is 0.280. The van der Waals surface area contributed by atoms with Gasteiger partial charge < -0.3 is 14.9 Å². The number of rotatable bonds is 4. The number of esters is 1. The van der Waals surface area contributed by atoms with Crippen molar-refractivity contribution < 1.29 is 24.1 Å². The van der Waals surface area contributed by atoms with Crippen LogP contribution in [-0.2, 0) is 9.53 Å². The number of nitrogens with zero attached hydrogens (tertiary/aromatic N) is 1. The minimum Gasteiger partial charge on any atom is -0.429 e. The van der Waals surface area contributed by atoms with Gasteiger partial charge in [-0.3, -0.25) is 9.78 Å². The van der Waals surface area contributed by atoms with E-state index in [0.717, 1.165) is 46.1 Å². The molecule has 0 amide bonds. The lowest BCUT2D eigenvalue weighted by molar-refractivity contribution is -0.214. The van der Waals surface area contributed by atoms with E-state index in [1.807, 2.05) is 24.3 Å². The SMILES string of the molecule is O=C1C[C@@H](O)C[C@](O)(/C=C/c2c(C3CC3)nc3ccccc3c2-c2ccc(F)cc2)O1. The standard InChI is InChI=1S/C25H22FNO4/c26-17-9-7-15(8-10-17)23-19-3-1-2-4-21(19)27-24(16-5-6-16)20(23)11-12-25(30)14-18(28)13-22(29)31-25/h1-4,7-12,16,18,28,30H,5-6,13-14H2/b12-11+/t18-,25+/m1/s1. The topological polar surface area (TPSA) is 79.7 Å². The van der Waals surface area contributed by atoms with E-state index in [9.17, 15) is 19.4 Å². The number of carbonyl (C=O) groups excluding carboxylic acids is 1. The highest BCUT2D eigenvalue weighted by molar-refractivity contribution is 5.99. The second-order valence-corrected chi connectivity index (χ2v) is 8.30. The molecule has 1 saturated carbocycles. The molecule has 2 N–H and O–H groups in total. The number of fused-ring (bicyclic) bond motifs is 1. The van der Waals surface area contributed by atoms with Gasteiger partial charge in [-0.05, 0) is 42.7 Å². The fourth-order valence-electron chi connectivity index (χ4n) is 4.21. The molecular formula is C25H22FNO4. The van der Waals surface area contributed by atoms with E-state index < -0.39 is 17.9 Å². The molecule has 3 aromatic rings. The maximum absolute atomic E-state index is 13.6. The quantitative estimate of drug-likeness (QED) is 0.616. The van der Waals surface area contributed by atoms with Gasteiger partial charge in [0.15, 0.2) is 0 Å². The molecule has 5 rings (SSSR count). The zero-order chi connectivity index (χ0) is 21.6. The summed E-state index contributed by atoms with van der Waals surface area (Å²) in [5.41, 5.74) is 4.27. The Morgan fingerprint density at radius 1 is 1.13 bits per heavy atom. The van der Waals surface area contributed by atoms with Crippen molar-refractivity contribution in [3.63, 3.8) is 0 Å². The predicted molar refractivity (Wildman–Crippen MR) is 114 cm³/mol. The van der Waals surface area contributed by atoms with E-state index in [-0.39, 0.29) is 18.7 Å². The lowest BCUT2D eigenvalue weighted by Crippen LogP contribution is -2.42. The fourth-order valence-corrected chi connectivity index (χ4v) is 4.21. The van der Waals surface area contributed by atoms with Crippen molar-refractivity contribution in [2.75, 3.05) is 0 Å². The van der Waals surface area contributed by atoms with Crippen LogP contribution in [0.1, 0.15) is 42.9 Å². The Labute approximate surface area is 178 Å². The lowest BCUT2D eigenvalue weighted by atomic mass is 9.91. The Morgan fingerprint density at radius 2 is 1.87 bits per heavy atom. The number of cyclic esters (lactones) is 1. The zero-order valence-electron chi connectivity index (χ0n) is 16.8. The van der Waals surface area contributed by atoms with Crippen molar-refractivity contribution in [1.82, 2.24) is 4.98 Å². The first-order valence-corrected chi connectivity index (χ1v) is 10.4. The molecule has 2 fully saturated rings. The van der Waals surface area contributed by atoms with E-state index >= 15 is 0 Å². The second kappa shape index (κ2) is 7.55. The van der Waals surface area contributed by atoms with Crippen LogP contribution in [0, 0.1) is 5.82 Å². The molecule has 2 heterocycles. The normalized spacial score (nSPS) is 24.0. The van der Waals surface area contributed by atoms with Gasteiger partial charge in [0.05, 0.1) is 23.7 Å². The Balaban J connectivity index is 1.70. The molecule has 5 nitrogen and oxygen atoms in total. The van der Waals surface area contributed by atoms with Crippen LogP contribution in [0.4, 0.5) is 4.39 Å². The Kier molecular flexibility index (Phi) is 4.84. The van der Waals surface area contributed by atoms with Crippen molar-refractivity contribution in [3.05, 3.63) is 71.7 Å². The highest BCUT2D eigenvalue weighted by Gasteiger charge is 2.38. The third kappa shape index (κ3) is 3.96. The third-order valence-electron chi connectivity index (χ3n) is 5.79. The number of benzene rings is 2. The minimum atomic E-state index is -1.89. The molecule has 6 heteroatoms. The number of aliphatic hydroxyl groups is 2. The summed E-state index contributed by atoms with van der Waals surface area (Å²) in [5.74, 6) is -2.55. The van der Waals surface area contributed by atoms with Crippen LogP contribution >= 0.6 is 0 Å². The van der Waals surface area contributed by atoms with Crippen molar-refractivity contribution in [2.24, 2.45) is 0 Å². The largest absolute Gasteiger partial charge is 0.429 e. The second-order valence-electron chi connectivity index (χ2n) is 8.30. The Hall–Kier alpha value is -3.09. The van der Waals surface area contributed by atoms with E-state index in [1.54, 1.807) is 18.2 Å². The smallest absolute Gasteiger partial charge is 0.311 e. The molecule has 0 unspecified atom stereocenters. The summed E-state index contributed by atoms with van der Waals surface area (Å²) in [6.07, 6.45) is 3.97. The summed E-state index contributed by atoms with van der Waals surface area (Å²) in [6.45, 7) is 0.